The molecule has 0 saturated heterocycles. The van der Waals surface area contributed by atoms with Crippen molar-refractivity contribution in [2.75, 3.05) is 13.2 Å². The van der Waals surface area contributed by atoms with E-state index in [2.05, 4.69) is 5.16 Å². The summed E-state index contributed by atoms with van der Waals surface area (Å²) in [5.74, 6) is -0.0350. The largest absolute Gasteiger partial charge is 0.409 e. The first-order valence-electron chi connectivity index (χ1n) is 7.55. The molecule has 0 aromatic heterocycles. The van der Waals surface area contributed by atoms with E-state index >= 15 is 0 Å². The first-order valence-corrected chi connectivity index (χ1v) is 7.55. The lowest BCUT2D eigenvalue weighted by atomic mass is 9.82. The molecule has 114 valence electrons. The molecule has 0 spiro atoms. The first kappa shape index (κ1) is 15.1. The van der Waals surface area contributed by atoms with Gasteiger partial charge in [0.1, 0.15) is 5.41 Å². The van der Waals surface area contributed by atoms with E-state index in [1.807, 2.05) is 0 Å². The minimum Gasteiger partial charge on any atom is -0.409 e. The monoisotopic (exact) mass is 283 g/mol. The maximum atomic E-state index is 13.0. The van der Waals surface area contributed by atoms with Crippen molar-refractivity contribution in [1.29, 1.82) is 0 Å². The second-order valence-corrected chi connectivity index (χ2v) is 5.93. The Morgan fingerprint density at radius 1 is 1.25 bits per heavy atom. The van der Waals surface area contributed by atoms with E-state index in [0.29, 0.717) is 19.4 Å². The molecule has 0 aromatic rings. The van der Waals surface area contributed by atoms with Crippen LogP contribution in [-0.2, 0) is 4.79 Å². The molecule has 2 rings (SSSR count). The van der Waals surface area contributed by atoms with Crippen LogP contribution >= 0.6 is 0 Å². The summed E-state index contributed by atoms with van der Waals surface area (Å²) in [6.07, 6.45) is 7.31. The van der Waals surface area contributed by atoms with Crippen LogP contribution in [0.15, 0.2) is 5.16 Å². The molecule has 6 heteroatoms. The van der Waals surface area contributed by atoms with Gasteiger partial charge in [-0.2, -0.15) is 0 Å². The number of nitrogens with zero attached hydrogens (tertiary/aromatic N) is 2. The lowest BCUT2D eigenvalue weighted by Crippen LogP contribution is -2.53. The first-order chi connectivity index (χ1) is 9.65. The molecular formula is C14H25N3O3. The summed E-state index contributed by atoms with van der Waals surface area (Å²) in [5, 5.41) is 21.4. The molecule has 0 unspecified atom stereocenters. The van der Waals surface area contributed by atoms with E-state index in [1.165, 1.54) is 0 Å². The van der Waals surface area contributed by atoms with Crippen LogP contribution in [0, 0.1) is 5.41 Å². The summed E-state index contributed by atoms with van der Waals surface area (Å²) >= 11 is 0. The van der Waals surface area contributed by atoms with Crippen molar-refractivity contribution in [3.05, 3.63) is 0 Å². The Bertz CT molecular complexity index is 372. The van der Waals surface area contributed by atoms with Crippen LogP contribution in [0.5, 0.6) is 0 Å². The molecule has 4 N–H and O–H groups in total. The van der Waals surface area contributed by atoms with Crippen LogP contribution < -0.4 is 5.73 Å². The lowest BCUT2D eigenvalue weighted by molar-refractivity contribution is -0.141. The molecule has 20 heavy (non-hydrogen) atoms. The van der Waals surface area contributed by atoms with Crippen LogP contribution in [0.2, 0.25) is 0 Å². The van der Waals surface area contributed by atoms with Gasteiger partial charge in [0.15, 0.2) is 5.84 Å². The van der Waals surface area contributed by atoms with Gasteiger partial charge in [-0.1, -0.05) is 30.8 Å². The maximum absolute atomic E-state index is 13.0. The van der Waals surface area contributed by atoms with E-state index in [4.69, 9.17) is 10.9 Å². The highest BCUT2D eigenvalue weighted by Crippen LogP contribution is 2.41. The molecule has 0 radical (unpaired) electrons. The van der Waals surface area contributed by atoms with E-state index in [-0.39, 0.29) is 24.4 Å². The molecule has 0 aromatic carbocycles. The minimum absolute atomic E-state index is 0.0286. The number of carbonyl (C=O) groups is 1. The van der Waals surface area contributed by atoms with Crippen molar-refractivity contribution in [2.45, 2.75) is 57.4 Å². The number of nitrogens with two attached hydrogens (primary N) is 1. The number of amidine groups is 1. The van der Waals surface area contributed by atoms with Crippen LogP contribution in [0.25, 0.3) is 0 Å². The molecule has 0 heterocycles. The zero-order chi connectivity index (χ0) is 14.6. The molecule has 0 atom stereocenters. The zero-order valence-electron chi connectivity index (χ0n) is 11.9. The van der Waals surface area contributed by atoms with Crippen LogP contribution in [0.3, 0.4) is 0 Å². The number of hydrogen-bond donors (Lipinski definition) is 3. The fourth-order valence-corrected chi connectivity index (χ4v) is 3.70. The molecule has 6 nitrogen and oxygen atoms in total. The zero-order valence-corrected chi connectivity index (χ0v) is 11.9. The Balaban J connectivity index is 2.23. The highest BCUT2D eigenvalue weighted by atomic mass is 16.4. The van der Waals surface area contributed by atoms with Gasteiger partial charge >= 0.3 is 0 Å². The van der Waals surface area contributed by atoms with Crippen molar-refractivity contribution in [1.82, 2.24) is 4.90 Å². The Morgan fingerprint density at radius 2 is 1.85 bits per heavy atom. The van der Waals surface area contributed by atoms with Crippen molar-refractivity contribution in [2.24, 2.45) is 16.3 Å². The van der Waals surface area contributed by atoms with Gasteiger partial charge in [-0.05, 0) is 25.7 Å². The van der Waals surface area contributed by atoms with Crippen molar-refractivity contribution in [3.8, 4) is 0 Å². The molecule has 2 aliphatic rings. The van der Waals surface area contributed by atoms with Crippen LogP contribution in [-0.4, -0.2) is 46.1 Å². The van der Waals surface area contributed by atoms with Crippen molar-refractivity contribution < 1.29 is 15.1 Å². The Kier molecular flexibility index (Phi) is 4.86. The Hall–Kier alpha value is -1.30. The summed E-state index contributed by atoms with van der Waals surface area (Å²) in [7, 11) is 0. The molecule has 0 bridgehead atoms. The predicted octanol–water partition coefficient (Wildman–Crippen LogP) is 1.06. The highest BCUT2D eigenvalue weighted by molar-refractivity contribution is 6.07. The SMILES string of the molecule is NC(=NO)C1(C(=O)N(CCO)C2CCCC2)CCCC1. The standard InChI is InChI=1S/C14H25N3O3/c15-12(16-20)14(7-3-4-8-14)13(19)17(9-10-18)11-5-1-2-6-11/h11,18,20H,1-10H2,(H2,15,16). The Labute approximate surface area is 119 Å². The average Bonchev–Trinajstić information content (AvgIpc) is 3.14. The number of aliphatic hydroxyl groups excluding tert-OH is 1. The molecule has 2 aliphatic carbocycles. The summed E-state index contributed by atoms with van der Waals surface area (Å²) in [6, 6.07) is 0.193. The number of rotatable bonds is 5. The number of hydrogen-bond acceptors (Lipinski definition) is 4. The van der Waals surface area contributed by atoms with E-state index in [1.54, 1.807) is 4.90 Å². The van der Waals surface area contributed by atoms with Gasteiger partial charge in [0.2, 0.25) is 5.91 Å². The topological polar surface area (TPSA) is 99.2 Å². The molecule has 1 amide bonds. The fraction of sp³-hybridized carbons (Fsp3) is 0.857. The van der Waals surface area contributed by atoms with Crippen LogP contribution in [0.4, 0.5) is 0 Å². The normalized spacial score (nSPS) is 23.1. The second kappa shape index (κ2) is 6.43. The minimum atomic E-state index is -0.855. The van der Waals surface area contributed by atoms with E-state index in [9.17, 15) is 9.90 Å². The summed E-state index contributed by atoms with van der Waals surface area (Å²) in [4.78, 5) is 14.8. The summed E-state index contributed by atoms with van der Waals surface area (Å²) < 4.78 is 0. The number of carbonyl (C=O) groups excluding carboxylic acids is 1. The van der Waals surface area contributed by atoms with Gasteiger partial charge in [-0.15, -0.1) is 0 Å². The number of oxime groups is 1. The summed E-state index contributed by atoms with van der Waals surface area (Å²) in [5.41, 5.74) is 4.98. The van der Waals surface area contributed by atoms with Gasteiger partial charge < -0.3 is 20.9 Å². The van der Waals surface area contributed by atoms with E-state index < -0.39 is 5.41 Å². The number of aliphatic hydroxyl groups is 1. The molecule has 0 aliphatic heterocycles. The summed E-state index contributed by atoms with van der Waals surface area (Å²) in [6.45, 7) is 0.290. The average molecular weight is 283 g/mol. The smallest absolute Gasteiger partial charge is 0.236 e. The van der Waals surface area contributed by atoms with Gasteiger partial charge in [0, 0.05) is 12.6 Å². The third kappa shape index (κ3) is 2.61. The molecule has 2 fully saturated rings. The van der Waals surface area contributed by atoms with Crippen LogP contribution in [0.1, 0.15) is 51.4 Å². The van der Waals surface area contributed by atoms with E-state index in [0.717, 1.165) is 38.5 Å². The highest BCUT2D eigenvalue weighted by Gasteiger charge is 2.48. The van der Waals surface area contributed by atoms with Gasteiger partial charge in [-0.25, -0.2) is 0 Å². The third-order valence-corrected chi connectivity index (χ3v) is 4.83. The van der Waals surface area contributed by atoms with Crippen molar-refractivity contribution >= 4 is 11.7 Å². The molecular weight excluding hydrogens is 258 g/mol. The predicted molar refractivity (Wildman–Crippen MR) is 75.4 cm³/mol. The van der Waals surface area contributed by atoms with Gasteiger partial charge in [-0.3, -0.25) is 4.79 Å². The third-order valence-electron chi connectivity index (χ3n) is 4.83. The maximum Gasteiger partial charge on any atom is 0.236 e. The Morgan fingerprint density at radius 3 is 2.35 bits per heavy atom. The fourth-order valence-electron chi connectivity index (χ4n) is 3.70. The molecule has 2 saturated carbocycles. The lowest BCUT2D eigenvalue weighted by Gasteiger charge is -2.36. The van der Waals surface area contributed by atoms with Gasteiger partial charge in [0.25, 0.3) is 0 Å². The quantitative estimate of drug-likeness (QED) is 0.304. The second-order valence-electron chi connectivity index (χ2n) is 5.93. The van der Waals surface area contributed by atoms with Gasteiger partial charge in [0.05, 0.1) is 6.61 Å². The van der Waals surface area contributed by atoms with Crippen molar-refractivity contribution in [3.63, 3.8) is 0 Å². The number of amides is 1.